The Morgan fingerprint density at radius 1 is 0.811 bits per heavy atom. The summed E-state index contributed by atoms with van der Waals surface area (Å²) in [6.45, 7) is 3.75. The number of carbonyl (C=O) groups is 1. The predicted octanol–water partition coefficient (Wildman–Crippen LogP) is 7.24. The van der Waals surface area contributed by atoms with E-state index in [0.29, 0.717) is 25.3 Å². The molecule has 0 radical (unpaired) electrons. The van der Waals surface area contributed by atoms with Crippen molar-refractivity contribution in [1.29, 1.82) is 0 Å². The summed E-state index contributed by atoms with van der Waals surface area (Å²) in [4.78, 5) is 14.9. The molecule has 37 heavy (non-hydrogen) atoms. The Bertz CT molecular complexity index is 1500. The molecule has 0 saturated heterocycles. The zero-order valence-electron chi connectivity index (χ0n) is 20.7. The average molecular weight is 489 g/mol. The maximum absolute atomic E-state index is 12.7. The van der Waals surface area contributed by atoms with Crippen molar-refractivity contribution in [3.8, 4) is 5.88 Å². The van der Waals surface area contributed by atoms with Gasteiger partial charge in [0.15, 0.2) is 5.69 Å². The third-order valence-electron chi connectivity index (χ3n) is 6.26. The standard InChI is InChI=1S/C31H28N4O2/c1-23-11-10-16-26(19-23)30(36)33-32-29-27-17-8-9-18-28(27)35(31(29)37)22-34(20-24-12-4-2-5-13-24)21-25-14-6-3-7-15-25/h2-19,37H,20-22H2,1H3. The Hall–Kier alpha value is -4.55. The van der Waals surface area contributed by atoms with Crippen LogP contribution in [0.2, 0.25) is 0 Å². The van der Waals surface area contributed by atoms with E-state index in [1.165, 1.54) is 11.1 Å². The highest BCUT2D eigenvalue weighted by Gasteiger charge is 2.19. The summed E-state index contributed by atoms with van der Waals surface area (Å²) in [5.74, 6) is -0.470. The van der Waals surface area contributed by atoms with Crippen molar-refractivity contribution in [3.63, 3.8) is 0 Å². The highest BCUT2D eigenvalue weighted by atomic mass is 16.3. The Morgan fingerprint density at radius 2 is 1.43 bits per heavy atom. The second-order valence-electron chi connectivity index (χ2n) is 9.09. The molecule has 5 aromatic rings. The van der Waals surface area contributed by atoms with Crippen molar-refractivity contribution >= 4 is 22.5 Å². The quantitative estimate of drug-likeness (QED) is 0.234. The molecule has 1 N–H and O–H groups in total. The van der Waals surface area contributed by atoms with E-state index in [-0.39, 0.29) is 11.6 Å². The van der Waals surface area contributed by atoms with Gasteiger partial charge in [0.05, 0.1) is 12.2 Å². The molecular weight excluding hydrogens is 460 g/mol. The number of rotatable bonds is 8. The Labute approximate surface area is 216 Å². The summed E-state index contributed by atoms with van der Waals surface area (Å²) in [6.07, 6.45) is 0. The van der Waals surface area contributed by atoms with Crippen LogP contribution < -0.4 is 0 Å². The van der Waals surface area contributed by atoms with E-state index in [4.69, 9.17) is 0 Å². The first-order valence-corrected chi connectivity index (χ1v) is 12.2. The molecule has 0 unspecified atom stereocenters. The van der Waals surface area contributed by atoms with Crippen LogP contribution in [-0.2, 0) is 19.8 Å². The number of amides is 1. The second kappa shape index (κ2) is 11.0. The number of fused-ring (bicyclic) bond motifs is 1. The van der Waals surface area contributed by atoms with Crippen LogP contribution in [-0.4, -0.2) is 20.5 Å². The minimum Gasteiger partial charge on any atom is -0.493 e. The number of azo groups is 1. The molecular formula is C31H28N4O2. The molecule has 0 atom stereocenters. The van der Waals surface area contributed by atoms with Crippen LogP contribution in [0.25, 0.3) is 10.9 Å². The van der Waals surface area contributed by atoms with Gasteiger partial charge in [-0.3, -0.25) is 14.3 Å². The molecule has 0 fully saturated rings. The molecule has 6 heteroatoms. The SMILES string of the molecule is Cc1cccc(C(=O)N=Nc2c(O)n(CN(Cc3ccccc3)Cc3ccccc3)c3ccccc23)c1. The summed E-state index contributed by atoms with van der Waals surface area (Å²) in [6, 6.07) is 35.4. The third-order valence-corrected chi connectivity index (χ3v) is 6.26. The number of benzene rings is 4. The third kappa shape index (κ3) is 5.66. The van der Waals surface area contributed by atoms with Crippen molar-refractivity contribution in [2.75, 3.05) is 0 Å². The highest BCUT2D eigenvalue weighted by Crippen LogP contribution is 2.39. The van der Waals surface area contributed by atoms with Gasteiger partial charge in [0.1, 0.15) is 0 Å². The molecule has 0 spiro atoms. The van der Waals surface area contributed by atoms with E-state index < -0.39 is 5.91 Å². The maximum atomic E-state index is 12.7. The molecule has 6 nitrogen and oxygen atoms in total. The average Bonchev–Trinajstić information content (AvgIpc) is 3.18. The van der Waals surface area contributed by atoms with Crippen LogP contribution in [0.15, 0.2) is 119 Å². The molecule has 5 rings (SSSR count). The van der Waals surface area contributed by atoms with Gasteiger partial charge in [-0.25, -0.2) is 0 Å². The van der Waals surface area contributed by atoms with E-state index in [1.807, 2.05) is 84.3 Å². The lowest BCUT2D eigenvalue weighted by Crippen LogP contribution is -2.25. The van der Waals surface area contributed by atoms with Crippen LogP contribution in [0.5, 0.6) is 5.88 Å². The smallest absolute Gasteiger partial charge is 0.295 e. The number of hydrogen-bond donors (Lipinski definition) is 1. The number of nitrogens with zero attached hydrogens (tertiary/aromatic N) is 4. The molecule has 0 bridgehead atoms. The van der Waals surface area contributed by atoms with Crippen molar-refractivity contribution in [2.45, 2.75) is 26.7 Å². The Morgan fingerprint density at radius 3 is 2.08 bits per heavy atom. The van der Waals surface area contributed by atoms with E-state index in [9.17, 15) is 9.90 Å². The zero-order chi connectivity index (χ0) is 25.6. The normalized spacial score (nSPS) is 11.5. The lowest BCUT2D eigenvalue weighted by atomic mass is 10.1. The zero-order valence-corrected chi connectivity index (χ0v) is 20.7. The Balaban J connectivity index is 1.48. The Kier molecular flexibility index (Phi) is 7.19. The van der Waals surface area contributed by atoms with Crippen molar-refractivity contribution in [1.82, 2.24) is 9.47 Å². The number of aromatic hydroxyl groups is 1. The van der Waals surface area contributed by atoms with Gasteiger partial charge in [-0.2, -0.15) is 0 Å². The van der Waals surface area contributed by atoms with E-state index in [0.717, 1.165) is 16.5 Å². The first kappa shape index (κ1) is 24.2. The van der Waals surface area contributed by atoms with Gasteiger partial charge in [0.25, 0.3) is 5.91 Å². The van der Waals surface area contributed by atoms with Crippen LogP contribution in [0.4, 0.5) is 5.69 Å². The van der Waals surface area contributed by atoms with Crippen molar-refractivity contribution in [2.24, 2.45) is 10.2 Å². The molecule has 0 aliphatic carbocycles. The maximum Gasteiger partial charge on any atom is 0.295 e. The van der Waals surface area contributed by atoms with Crippen molar-refractivity contribution < 1.29 is 9.90 Å². The monoisotopic (exact) mass is 488 g/mol. The molecule has 4 aromatic carbocycles. The molecule has 184 valence electrons. The van der Waals surface area contributed by atoms with Gasteiger partial charge < -0.3 is 5.11 Å². The topological polar surface area (TPSA) is 70.2 Å². The lowest BCUT2D eigenvalue weighted by Gasteiger charge is -2.24. The summed E-state index contributed by atoms with van der Waals surface area (Å²) >= 11 is 0. The summed E-state index contributed by atoms with van der Waals surface area (Å²) < 4.78 is 1.83. The minimum absolute atomic E-state index is 0.0203. The number of hydrogen-bond acceptors (Lipinski definition) is 4. The van der Waals surface area contributed by atoms with E-state index in [1.54, 1.807) is 12.1 Å². The van der Waals surface area contributed by atoms with Crippen LogP contribution in [0, 0.1) is 6.92 Å². The molecule has 1 heterocycles. The number of aromatic nitrogens is 1. The number of carbonyl (C=O) groups excluding carboxylic acids is 1. The molecule has 1 aromatic heterocycles. The summed E-state index contributed by atoms with van der Waals surface area (Å²) in [5.41, 5.74) is 4.90. The van der Waals surface area contributed by atoms with Gasteiger partial charge >= 0.3 is 0 Å². The number of aryl methyl sites for hydroxylation is 1. The van der Waals surface area contributed by atoms with Gasteiger partial charge in [0, 0.05) is 24.0 Å². The van der Waals surface area contributed by atoms with Gasteiger partial charge in [0.2, 0.25) is 5.88 Å². The fourth-order valence-electron chi connectivity index (χ4n) is 4.48. The summed E-state index contributed by atoms with van der Waals surface area (Å²) in [5, 5.41) is 20.2. The van der Waals surface area contributed by atoms with Gasteiger partial charge in [-0.05, 0) is 36.2 Å². The van der Waals surface area contributed by atoms with Crippen LogP contribution in [0.1, 0.15) is 27.0 Å². The first-order valence-electron chi connectivity index (χ1n) is 12.2. The lowest BCUT2D eigenvalue weighted by molar-refractivity contribution is 0.0995. The van der Waals surface area contributed by atoms with E-state index in [2.05, 4.69) is 39.4 Å². The molecule has 1 amide bonds. The fourth-order valence-corrected chi connectivity index (χ4v) is 4.48. The van der Waals surface area contributed by atoms with Gasteiger partial charge in [-0.1, -0.05) is 96.6 Å². The van der Waals surface area contributed by atoms with Crippen molar-refractivity contribution in [3.05, 3.63) is 131 Å². The van der Waals surface area contributed by atoms with E-state index >= 15 is 0 Å². The van der Waals surface area contributed by atoms with Gasteiger partial charge in [-0.15, -0.1) is 10.2 Å². The molecule has 0 aliphatic heterocycles. The predicted molar refractivity (Wildman–Crippen MR) is 146 cm³/mol. The van der Waals surface area contributed by atoms with Crippen LogP contribution >= 0.6 is 0 Å². The highest BCUT2D eigenvalue weighted by molar-refractivity contribution is 5.97. The largest absolute Gasteiger partial charge is 0.493 e. The first-order chi connectivity index (χ1) is 18.1. The molecule has 0 aliphatic rings. The fraction of sp³-hybridized carbons (Fsp3) is 0.129. The second-order valence-corrected chi connectivity index (χ2v) is 9.09. The summed E-state index contributed by atoms with van der Waals surface area (Å²) in [7, 11) is 0. The van der Waals surface area contributed by atoms with Crippen LogP contribution in [0.3, 0.4) is 0 Å². The number of para-hydroxylation sites is 1. The minimum atomic E-state index is -0.449. The molecule has 0 saturated carbocycles.